The summed E-state index contributed by atoms with van der Waals surface area (Å²) < 4.78 is 21.5. The second kappa shape index (κ2) is 9.14. The topological polar surface area (TPSA) is 58.9 Å². The van der Waals surface area contributed by atoms with Crippen molar-refractivity contribution in [3.63, 3.8) is 0 Å². The van der Waals surface area contributed by atoms with Crippen molar-refractivity contribution in [3.8, 4) is 17.0 Å². The summed E-state index contributed by atoms with van der Waals surface area (Å²) in [5, 5.41) is 8.27. The normalized spacial score (nSPS) is 16.9. The summed E-state index contributed by atoms with van der Waals surface area (Å²) in [6, 6.07) is 11.7. The average Bonchev–Trinajstić information content (AvgIpc) is 3.16. The summed E-state index contributed by atoms with van der Waals surface area (Å²) >= 11 is 19.2. The third-order valence-corrected chi connectivity index (χ3v) is 7.75. The van der Waals surface area contributed by atoms with Crippen LogP contribution in [0.4, 0.5) is 10.1 Å². The zero-order chi connectivity index (χ0) is 25.0. The third kappa shape index (κ3) is 3.86. The summed E-state index contributed by atoms with van der Waals surface area (Å²) in [7, 11) is 0. The highest BCUT2D eigenvalue weighted by Gasteiger charge is 2.30. The zero-order valence-corrected chi connectivity index (χ0v) is 21.2. The average molecular weight is 546 g/mol. The van der Waals surface area contributed by atoms with Gasteiger partial charge in [-0.05, 0) is 30.7 Å². The molecule has 0 unspecified atom stereocenters. The van der Waals surface area contributed by atoms with E-state index in [1.807, 2.05) is 24.3 Å². The largest absolute Gasteiger partial charge is 0.493 e. The first-order valence-corrected chi connectivity index (χ1v) is 12.7. The van der Waals surface area contributed by atoms with Crippen LogP contribution in [0.25, 0.3) is 16.8 Å². The van der Waals surface area contributed by atoms with Crippen LogP contribution in [-0.4, -0.2) is 35.2 Å². The summed E-state index contributed by atoms with van der Waals surface area (Å²) in [6.07, 6.45) is 3.20. The molecule has 10 heteroatoms. The van der Waals surface area contributed by atoms with Gasteiger partial charge in [0.05, 0.1) is 56.4 Å². The van der Waals surface area contributed by atoms with E-state index in [0.717, 1.165) is 42.6 Å². The molecule has 2 aromatic heterocycles. The van der Waals surface area contributed by atoms with Crippen LogP contribution < -0.4 is 15.0 Å². The molecule has 4 heterocycles. The monoisotopic (exact) mass is 544 g/mol. The predicted molar refractivity (Wildman–Crippen MR) is 139 cm³/mol. The molecular weight excluding hydrogens is 526 g/mol. The van der Waals surface area contributed by atoms with E-state index in [0.29, 0.717) is 40.4 Å². The molecule has 0 bridgehead atoms. The van der Waals surface area contributed by atoms with Gasteiger partial charge in [-0.15, -0.1) is 0 Å². The van der Waals surface area contributed by atoms with Crippen molar-refractivity contribution < 1.29 is 13.9 Å². The standard InChI is InChI=1S/C26H20Cl3FN4O2/c27-18-11-14(30)10-16(23(18)29)24-19(28)12-21-25(33-7-3-8-33)17(13-31-34(21)24)26(35)32-20-6-9-36-22-5-2-1-4-15(20)22/h1-2,4-5,10-13,20H,3,6-9H2,(H,32,35)/t20-/m0/s1. The van der Waals surface area contributed by atoms with Crippen molar-refractivity contribution in [2.45, 2.75) is 18.9 Å². The number of fused-ring (bicyclic) bond motifs is 2. The number of hydrogen-bond donors (Lipinski definition) is 1. The Morgan fingerprint density at radius 3 is 2.69 bits per heavy atom. The van der Waals surface area contributed by atoms with Gasteiger partial charge >= 0.3 is 0 Å². The minimum Gasteiger partial charge on any atom is -0.493 e. The summed E-state index contributed by atoms with van der Waals surface area (Å²) in [6.45, 7) is 2.11. The van der Waals surface area contributed by atoms with E-state index in [1.165, 1.54) is 12.3 Å². The quantitative estimate of drug-likeness (QED) is 0.295. The van der Waals surface area contributed by atoms with Crippen molar-refractivity contribution in [1.29, 1.82) is 0 Å². The molecule has 0 aliphatic carbocycles. The molecule has 6 nitrogen and oxygen atoms in total. The zero-order valence-electron chi connectivity index (χ0n) is 18.9. The number of para-hydroxylation sites is 1. The Bertz CT molecular complexity index is 1520. The Morgan fingerprint density at radius 2 is 1.92 bits per heavy atom. The molecule has 0 spiro atoms. The van der Waals surface area contributed by atoms with Gasteiger partial charge in [0.25, 0.3) is 5.91 Å². The summed E-state index contributed by atoms with van der Waals surface area (Å²) in [5.74, 6) is -0.000304. The van der Waals surface area contributed by atoms with Gasteiger partial charge in [-0.3, -0.25) is 4.79 Å². The third-order valence-electron chi connectivity index (χ3n) is 6.66. The Labute approximate surface area is 221 Å². The maximum atomic E-state index is 14.2. The Hall–Kier alpha value is -3.00. The van der Waals surface area contributed by atoms with E-state index >= 15 is 0 Å². The lowest BCUT2D eigenvalue weighted by molar-refractivity contribution is 0.0924. The number of nitrogens with one attached hydrogen (secondary N) is 1. The van der Waals surface area contributed by atoms with Gasteiger partial charge in [-0.25, -0.2) is 8.91 Å². The van der Waals surface area contributed by atoms with Crippen LogP contribution in [0.1, 0.15) is 34.8 Å². The lowest BCUT2D eigenvalue weighted by atomic mass is 10.00. The summed E-state index contributed by atoms with van der Waals surface area (Å²) in [5.41, 5.74) is 3.47. The minimum atomic E-state index is -0.541. The highest BCUT2D eigenvalue weighted by Crippen LogP contribution is 2.42. The number of anilines is 1. The van der Waals surface area contributed by atoms with Crippen LogP contribution in [0.5, 0.6) is 5.75 Å². The molecule has 1 amide bonds. The molecule has 1 saturated heterocycles. The number of rotatable bonds is 4. The van der Waals surface area contributed by atoms with Gasteiger partial charge in [-0.2, -0.15) is 5.10 Å². The summed E-state index contributed by atoms with van der Waals surface area (Å²) in [4.78, 5) is 15.7. The van der Waals surface area contributed by atoms with Gasteiger partial charge < -0.3 is 15.0 Å². The van der Waals surface area contributed by atoms with E-state index in [9.17, 15) is 9.18 Å². The molecule has 2 aromatic carbocycles. The van der Waals surface area contributed by atoms with Crippen LogP contribution in [-0.2, 0) is 0 Å². The van der Waals surface area contributed by atoms with Crippen LogP contribution >= 0.6 is 34.8 Å². The second-order valence-electron chi connectivity index (χ2n) is 8.84. The molecule has 1 N–H and O–H groups in total. The van der Waals surface area contributed by atoms with Crippen molar-refractivity contribution in [2.24, 2.45) is 0 Å². The first kappa shape index (κ1) is 23.4. The molecule has 1 fully saturated rings. The molecule has 6 rings (SSSR count). The molecule has 0 radical (unpaired) electrons. The molecule has 1 atom stereocenters. The van der Waals surface area contributed by atoms with Gasteiger partial charge in [0.2, 0.25) is 0 Å². The maximum Gasteiger partial charge on any atom is 0.255 e. The first-order chi connectivity index (χ1) is 17.4. The van der Waals surface area contributed by atoms with Crippen LogP contribution in [0, 0.1) is 5.82 Å². The smallest absolute Gasteiger partial charge is 0.255 e. The predicted octanol–water partition coefficient (Wildman–Crippen LogP) is 6.56. The van der Waals surface area contributed by atoms with Crippen molar-refractivity contribution in [3.05, 3.63) is 80.7 Å². The molecule has 4 aromatic rings. The van der Waals surface area contributed by atoms with Gasteiger partial charge in [-0.1, -0.05) is 53.0 Å². The SMILES string of the molecule is O=C(N[C@H]1CCOc2ccccc21)c1cnn2c(-c3cc(F)cc(Cl)c3Cl)c(Cl)cc2c1N1CCC1. The lowest BCUT2D eigenvalue weighted by Crippen LogP contribution is -2.40. The highest BCUT2D eigenvalue weighted by atomic mass is 35.5. The minimum absolute atomic E-state index is 0.0772. The Morgan fingerprint density at radius 1 is 1.11 bits per heavy atom. The number of halogens is 4. The van der Waals surface area contributed by atoms with Crippen LogP contribution in [0.15, 0.2) is 48.7 Å². The van der Waals surface area contributed by atoms with Gasteiger partial charge in [0.1, 0.15) is 11.6 Å². The lowest BCUT2D eigenvalue weighted by Gasteiger charge is -2.35. The van der Waals surface area contributed by atoms with E-state index in [4.69, 9.17) is 39.5 Å². The highest BCUT2D eigenvalue weighted by molar-refractivity contribution is 6.44. The first-order valence-electron chi connectivity index (χ1n) is 11.5. The van der Waals surface area contributed by atoms with E-state index in [-0.39, 0.29) is 22.0 Å². The number of nitrogens with zero attached hydrogens (tertiary/aromatic N) is 3. The van der Waals surface area contributed by atoms with E-state index in [1.54, 1.807) is 10.6 Å². The second-order valence-corrected chi connectivity index (χ2v) is 10.0. The van der Waals surface area contributed by atoms with E-state index < -0.39 is 5.82 Å². The number of amides is 1. The van der Waals surface area contributed by atoms with Crippen LogP contribution in [0.2, 0.25) is 15.1 Å². The van der Waals surface area contributed by atoms with Crippen molar-refractivity contribution in [1.82, 2.24) is 14.9 Å². The van der Waals surface area contributed by atoms with Crippen molar-refractivity contribution >= 4 is 51.9 Å². The molecule has 36 heavy (non-hydrogen) atoms. The molecule has 184 valence electrons. The number of carbonyl (C=O) groups excluding carboxylic acids is 1. The number of benzene rings is 2. The van der Waals surface area contributed by atoms with E-state index in [2.05, 4.69) is 15.3 Å². The maximum absolute atomic E-state index is 14.2. The fourth-order valence-corrected chi connectivity index (χ4v) is 5.50. The fraction of sp³-hybridized carbons (Fsp3) is 0.231. The molecule has 2 aliphatic heterocycles. The number of carbonyl (C=O) groups is 1. The Kier molecular flexibility index (Phi) is 5.94. The number of aromatic nitrogens is 2. The molecule has 2 aliphatic rings. The number of hydrogen-bond acceptors (Lipinski definition) is 4. The van der Waals surface area contributed by atoms with Gasteiger partial charge in [0.15, 0.2) is 0 Å². The van der Waals surface area contributed by atoms with Gasteiger partial charge in [0, 0.05) is 30.6 Å². The molecular formula is C26H20Cl3FN4O2. The van der Waals surface area contributed by atoms with Crippen molar-refractivity contribution in [2.75, 3.05) is 24.6 Å². The fourth-order valence-electron chi connectivity index (χ4n) is 4.81. The number of ether oxygens (including phenoxy) is 1. The Balaban J connectivity index is 1.45. The van der Waals surface area contributed by atoms with Crippen LogP contribution in [0.3, 0.4) is 0 Å². The molecule has 0 saturated carbocycles.